The molecule has 1 aliphatic heterocycles. The number of ketones is 1. The van der Waals surface area contributed by atoms with Crippen molar-refractivity contribution in [2.45, 2.75) is 35.9 Å². The van der Waals surface area contributed by atoms with E-state index in [-0.39, 0.29) is 51.9 Å². The molecular weight excluding hydrogens is 581 g/mol. The number of ether oxygens (including phenoxy) is 2. The number of nitrogens with zero attached hydrogens (tertiary/aromatic N) is 2. The molecule has 0 bridgehead atoms. The van der Waals surface area contributed by atoms with Gasteiger partial charge in [0.05, 0.1) is 12.0 Å². The number of nitrogens with two attached hydrogens (primary N) is 1. The van der Waals surface area contributed by atoms with Gasteiger partial charge in [0.25, 0.3) is 0 Å². The molecule has 0 unspecified atom stereocenters. The summed E-state index contributed by atoms with van der Waals surface area (Å²) in [6.07, 6.45) is 1.37. The van der Waals surface area contributed by atoms with Crippen LogP contribution in [0.5, 0.6) is 11.5 Å². The van der Waals surface area contributed by atoms with Crippen molar-refractivity contribution in [3.8, 4) is 22.8 Å². The number of amides is 1. The van der Waals surface area contributed by atoms with Crippen molar-refractivity contribution >= 4 is 32.4 Å². The molecule has 4 aromatic rings. The molecule has 1 atom stereocenters. The summed E-state index contributed by atoms with van der Waals surface area (Å²) in [5, 5.41) is 22.7. The number of pyridine rings is 2. The number of hydrogen-bond donors (Lipinski definition) is 3. The van der Waals surface area contributed by atoms with Crippen molar-refractivity contribution in [1.29, 1.82) is 0 Å². The molecule has 5 rings (SSSR count). The first-order valence-electron chi connectivity index (χ1n) is 13.0. The van der Waals surface area contributed by atoms with Crippen LogP contribution < -0.4 is 15.2 Å². The highest BCUT2D eigenvalue weighted by Gasteiger charge is 2.45. The summed E-state index contributed by atoms with van der Waals surface area (Å²) in [6.45, 7) is 1.44. The molecule has 13 heteroatoms. The van der Waals surface area contributed by atoms with Crippen LogP contribution in [-0.4, -0.2) is 60.3 Å². The maximum absolute atomic E-state index is 13.6. The SMILES string of the molecule is COc1cc(C(=O)CCC(O)(O)c2cc3c(c(-c4ccc(F)cc4)n2)OC[C@]3(C)C(N)=O)cc2cc(S(C)(=O)=O)cnc12. The number of sulfone groups is 1. The monoisotopic (exact) mass is 609 g/mol. The molecule has 0 saturated heterocycles. The van der Waals surface area contributed by atoms with Crippen molar-refractivity contribution in [2.24, 2.45) is 5.73 Å². The second kappa shape index (κ2) is 10.7. The summed E-state index contributed by atoms with van der Waals surface area (Å²) in [7, 11) is -2.19. The summed E-state index contributed by atoms with van der Waals surface area (Å²) in [5.41, 5.74) is 5.38. The third-order valence-corrected chi connectivity index (χ3v) is 8.62. The van der Waals surface area contributed by atoms with Gasteiger partial charge in [0.15, 0.2) is 15.6 Å². The molecule has 1 aliphatic rings. The van der Waals surface area contributed by atoms with Crippen LogP contribution in [0.1, 0.15) is 41.4 Å². The highest BCUT2D eigenvalue weighted by molar-refractivity contribution is 7.90. The van der Waals surface area contributed by atoms with Crippen LogP contribution in [0.25, 0.3) is 22.2 Å². The predicted octanol–water partition coefficient (Wildman–Crippen LogP) is 2.78. The van der Waals surface area contributed by atoms with E-state index in [4.69, 9.17) is 15.2 Å². The molecule has 0 saturated carbocycles. The minimum Gasteiger partial charge on any atom is -0.494 e. The molecule has 2 aromatic carbocycles. The third-order valence-electron chi connectivity index (χ3n) is 7.54. The lowest BCUT2D eigenvalue weighted by Crippen LogP contribution is -2.40. The summed E-state index contributed by atoms with van der Waals surface area (Å²) >= 11 is 0. The molecule has 11 nitrogen and oxygen atoms in total. The quantitative estimate of drug-likeness (QED) is 0.189. The Morgan fingerprint density at radius 2 is 1.86 bits per heavy atom. The fourth-order valence-electron chi connectivity index (χ4n) is 4.87. The fourth-order valence-corrected chi connectivity index (χ4v) is 5.46. The van der Waals surface area contributed by atoms with Gasteiger partial charge >= 0.3 is 0 Å². The van der Waals surface area contributed by atoms with Gasteiger partial charge in [-0.05, 0) is 55.5 Å². The van der Waals surface area contributed by atoms with Crippen molar-refractivity contribution in [3.63, 3.8) is 0 Å². The normalized spacial score (nSPS) is 16.5. The van der Waals surface area contributed by atoms with E-state index in [1.165, 1.54) is 61.8 Å². The minimum absolute atomic E-state index is 0.0389. The molecule has 0 spiro atoms. The lowest BCUT2D eigenvalue weighted by Gasteiger charge is -2.24. The zero-order valence-corrected chi connectivity index (χ0v) is 24.2. The highest BCUT2D eigenvalue weighted by atomic mass is 32.2. The van der Waals surface area contributed by atoms with Crippen LogP contribution in [0.2, 0.25) is 0 Å². The molecule has 4 N–H and O–H groups in total. The van der Waals surface area contributed by atoms with E-state index < -0.39 is 45.0 Å². The number of fused-ring (bicyclic) bond motifs is 2. The second-order valence-corrected chi connectivity index (χ2v) is 12.7. The fraction of sp³-hybridized carbons (Fsp3) is 0.267. The second-order valence-electron chi connectivity index (χ2n) is 10.7. The van der Waals surface area contributed by atoms with Crippen LogP contribution in [0.4, 0.5) is 4.39 Å². The minimum atomic E-state index is -3.57. The Balaban J connectivity index is 1.50. The topological polar surface area (TPSA) is 179 Å². The number of methoxy groups -OCH3 is 1. The van der Waals surface area contributed by atoms with Gasteiger partial charge in [0.1, 0.15) is 46.2 Å². The average molecular weight is 610 g/mol. The van der Waals surface area contributed by atoms with E-state index in [1.54, 1.807) is 6.92 Å². The standard InChI is InChI=1S/C30H28FN3O8S/c1-29(28(32)36)15-42-27-21(29)13-24(34-26(27)16-4-6-19(31)7-5-16)30(37,38)9-8-22(35)17-10-18-11-20(43(3,39)40)14-33-25(18)23(12-17)41-2/h4-7,10-14,37-38H,8-9,15H2,1-3H3,(H2,32,36)/t29-/m0/s1. The summed E-state index contributed by atoms with van der Waals surface area (Å²) in [5.74, 6) is -3.91. The van der Waals surface area contributed by atoms with E-state index in [0.29, 0.717) is 16.5 Å². The molecule has 1 amide bonds. The van der Waals surface area contributed by atoms with Crippen LogP contribution in [0.3, 0.4) is 0 Å². The van der Waals surface area contributed by atoms with E-state index >= 15 is 0 Å². The van der Waals surface area contributed by atoms with Gasteiger partial charge in [0, 0.05) is 47.4 Å². The Morgan fingerprint density at radius 1 is 1.16 bits per heavy atom. The van der Waals surface area contributed by atoms with Crippen molar-refractivity contribution in [2.75, 3.05) is 20.0 Å². The van der Waals surface area contributed by atoms with Gasteiger partial charge in [0.2, 0.25) is 11.7 Å². The van der Waals surface area contributed by atoms with E-state index in [0.717, 1.165) is 6.26 Å². The zero-order chi connectivity index (χ0) is 31.3. The highest BCUT2D eigenvalue weighted by Crippen LogP contribution is 2.45. The first-order valence-corrected chi connectivity index (χ1v) is 14.9. The van der Waals surface area contributed by atoms with Crippen molar-refractivity contribution < 1.29 is 42.1 Å². The van der Waals surface area contributed by atoms with E-state index in [2.05, 4.69) is 9.97 Å². The number of hydrogen-bond acceptors (Lipinski definition) is 10. The Hall–Kier alpha value is -4.46. The Labute approximate surface area is 246 Å². The number of aromatic nitrogens is 2. The largest absolute Gasteiger partial charge is 0.494 e. The maximum Gasteiger partial charge on any atom is 0.231 e. The summed E-state index contributed by atoms with van der Waals surface area (Å²) in [6, 6.07) is 10.8. The van der Waals surface area contributed by atoms with Gasteiger partial charge in [-0.25, -0.2) is 17.8 Å². The first kappa shape index (κ1) is 30.0. The number of rotatable bonds is 9. The average Bonchev–Trinajstić information content (AvgIpc) is 3.32. The lowest BCUT2D eigenvalue weighted by atomic mass is 9.82. The molecule has 0 radical (unpaired) electrons. The third kappa shape index (κ3) is 5.54. The number of aliphatic hydroxyl groups is 2. The van der Waals surface area contributed by atoms with Gasteiger partial charge in [-0.15, -0.1) is 0 Å². The summed E-state index contributed by atoms with van der Waals surface area (Å²) < 4.78 is 48.8. The Bertz CT molecular complexity index is 1890. The zero-order valence-electron chi connectivity index (χ0n) is 23.4. The smallest absolute Gasteiger partial charge is 0.231 e. The van der Waals surface area contributed by atoms with Gasteiger partial charge in [-0.2, -0.15) is 0 Å². The lowest BCUT2D eigenvalue weighted by molar-refractivity contribution is -0.176. The molecule has 2 aromatic heterocycles. The molecule has 0 fully saturated rings. The molecule has 224 valence electrons. The Kier molecular flexibility index (Phi) is 7.45. The maximum atomic E-state index is 13.6. The first-order chi connectivity index (χ1) is 20.1. The number of benzene rings is 2. The Morgan fingerprint density at radius 3 is 2.49 bits per heavy atom. The number of primary amides is 1. The van der Waals surface area contributed by atoms with Gasteiger partial charge in [-0.3, -0.25) is 14.6 Å². The summed E-state index contributed by atoms with van der Waals surface area (Å²) in [4.78, 5) is 34.2. The molecular formula is C30H28FN3O8S. The molecule has 3 heterocycles. The van der Waals surface area contributed by atoms with Crippen LogP contribution in [0, 0.1) is 5.82 Å². The van der Waals surface area contributed by atoms with Crippen LogP contribution in [-0.2, 0) is 25.8 Å². The molecule has 43 heavy (non-hydrogen) atoms. The number of carbonyl (C=O) groups is 2. The number of carbonyl (C=O) groups excluding carboxylic acids is 2. The molecule has 0 aliphatic carbocycles. The number of halogens is 1. The van der Waals surface area contributed by atoms with E-state index in [9.17, 15) is 32.6 Å². The predicted molar refractivity (Wildman–Crippen MR) is 153 cm³/mol. The van der Waals surface area contributed by atoms with Crippen molar-refractivity contribution in [1.82, 2.24) is 9.97 Å². The number of Topliss-reactive ketones (excluding diaryl/α,β-unsaturated/α-hetero) is 1. The van der Waals surface area contributed by atoms with Crippen LogP contribution in [0.15, 0.2) is 59.6 Å². The van der Waals surface area contributed by atoms with Crippen LogP contribution >= 0.6 is 0 Å². The van der Waals surface area contributed by atoms with Gasteiger partial charge < -0.3 is 25.4 Å². The van der Waals surface area contributed by atoms with Crippen molar-refractivity contribution in [3.05, 3.63) is 77.4 Å². The van der Waals surface area contributed by atoms with E-state index in [1.807, 2.05) is 0 Å². The van der Waals surface area contributed by atoms with Gasteiger partial charge in [-0.1, -0.05) is 0 Å².